The van der Waals surface area contributed by atoms with Crippen LogP contribution in [0, 0.1) is 45.8 Å². The lowest BCUT2D eigenvalue weighted by atomic mass is 9.43. The van der Waals surface area contributed by atoms with Gasteiger partial charge >= 0.3 is 6.09 Å². The number of fused-ring (bicyclic) bond motifs is 2. The second kappa shape index (κ2) is 9.78. The molecule has 2 saturated heterocycles. The molecule has 208 valence electrons. The number of nitrogens with one attached hydrogen (secondary N) is 1. The zero-order valence-electron chi connectivity index (χ0n) is 22.9. The Balaban J connectivity index is 1.46. The van der Waals surface area contributed by atoms with Gasteiger partial charge in [0.05, 0.1) is 12.0 Å². The Labute approximate surface area is 226 Å². The quantitative estimate of drug-likeness (QED) is 0.506. The van der Waals surface area contributed by atoms with Gasteiger partial charge in [0, 0.05) is 36.7 Å². The van der Waals surface area contributed by atoms with Crippen molar-refractivity contribution in [3.63, 3.8) is 0 Å². The number of amides is 2. The fourth-order valence-electron chi connectivity index (χ4n) is 9.51. The Morgan fingerprint density at radius 3 is 2.59 bits per heavy atom. The molecule has 3 saturated carbocycles. The highest BCUT2D eigenvalue weighted by Gasteiger charge is 2.68. The van der Waals surface area contributed by atoms with Crippen LogP contribution >= 0.6 is 11.6 Å². The molecule has 0 spiro atoms. The van der Waals surface area contributed by atoms with Crippen molar-refractivity contribution in [3.05, 3.63) is 0 Å². The van der Waals surface area contributed by atoms with Crippen molar-refractivity contribution in [2.75, 3.05) is 25.5 Å². The number of rotatable bonds is 5. The van der Waals surface area contributed by atoms with E-state index in [1.807, 2.05) is 0 Å². The molecule has 3 unspecified atom stereocenters. The lowest BCUT2D eigenvalue weighted by molar-refractivity contribution is -0.199. The number of nitrogens with zero attached hydrogens (tertiary/aromatic N) is 1. The predicted molar refractivity (Wildman–Crippen MR) is 141 cm³/mol. The number of piperidine rings is 1. The number of imide groups is 1. The number of carbonyl (C=O) groups excluding carboxylic acids is 3. The van der Waals surface area contributed by atoms with E-state index in [9.17, 15) is 19.5 Å². The first-order valence-electron chi connectivity index (χ1n) is 14.5. The van der Waals surface area contributed by atoms with Gasteiger partial charge in [-0.25, -0.2) is 4.79 Å². The summed E-state index contributed by atoms with van der Waals surface area (Å²) >= 11 is 6.10. The van der Waals surface area contributed by atoms with Gasteiger partial charge < -0.3 is 14.7 Å². The summed E-state index contributed by atoms with van der Waals surface area (Å²) in [5.74, 6) is 0.461. The molecule has 0 aromatic carbocycles. The third-order valence-corrected chi connectivity index (χ3v) is 12.2. The van der Waals surface area contributed by atoms with Crippen molar-refractivity contribution >= 4 is 29.4 Å². The number of hydrogen-bond donors (Lipinski definition) is 2. The van der Waals surface area contributed by atoms with Crippen molar-refractivity contribution < 1.29 is 24.2 Å². The Morgan fingerprint density at radius 2 is 1.95 bits per heavy atom. The highest BCUT2D eigenvalue weighted by molar-refractivity contribution is 6.17. The van der Waals surface area contributed by atoms with Crippen LogP contribution in [-0.4, -0.2) is 65.5 Å². The van der Waals surface area contributed by atoms with E-state index in [-0.39, 0.29) is 40.8 Å². The molecule has 4 bridgehead atoms. The monoisotopic (exact) mass is 536 g/mol. The maximum absolute atomic E-state index is 13.6. The van der Waals surface area contributed by atoms with E-state index in [2.05, 4.69) is 37.9 Å². The summed E-state index contributed by atoms with van der Waals surface area (Å²) in [6.07, 6.45) is 4.07. The summed E-state index contributed by atoms with van der Waals surface area (Å²) in [6, 6.07) is 0. The Kier molecular flexibility index (Phi) is 7.24. The zero-order valence-corrected chi connectivity index (χ0v) is 23.7. The van der Waals surface area contributed by atoms with Crippen LogP contribution in [0.2, 0.25) is 0 Å². The van der Waals surface area contributed by atoms with Crippen LogP contribution in [0.5, 0.6) is 0 Å². The van der Waals surface area contributed by atoms with Crippen molar-refractivity contribution in [2.45, 2.75) is 91.3 Å². The number of halogens is 1. The average molecular weight is 537 g/mol. The fraction of sp³-hybridized carbons (Fsp3) is 0.897. The van der Waals surface area contributed by atoms with Gasteiger partial charge in [0.25, 0.3) is 0 Å². The van der Waals surface area contributed by atoms with Gasteiger partial charge in [-0.2, -0.15) is 0 Å². The van der Waals surface area contributed by atoms with Crippen molar-refractivity contribution in [1.82, 2.24) is 10.2 Å². The number of ether oxygens (including phenoxy) is 1. The number of hydrogen-bond acceptors (Lipinski definition) is 6. The third-order valence-electron chi connectivity index (χ3n) is 11.9. The van der Waals surface area contributed by atoms with Crippen molar-refractivity contribution in [3.8, 4) is 0 Å². The number of alkyl carbamates (subject to hydrolysis) is 1. The summed E-state index contributed by atoms with van der Waals surface area (Å²) in [5, 5.41) is 14.4. The van der Waals surface area contributed by atoms with Crippen LogP contribution < -0.4 is 5.32 Å². The Bertz CT molecular complexity index is 945. The van der Waals surface area contributed by atoms with Crippen LogP contribution in [0.1, 0.15) is 79.1 Å². The van der Waals surface area contributed by atoms with Crippen LogP contribution in [0.15, 0.2) is 0 Å². The van der Waals surface area contributed by atoms with Gasteiger partial charge in [0.1, 0.15) is 11.9 Å². The lowest BCUT2D eigenvalue weighted by Gasteiger charge is -2.62. The highest BCUT2D eigenvalue weighted by atomic mass is 35.5. The SMILES string of the molecule is C[C@@H]1CCC23CCC(=O)C2[C@]1(C)[C@H](OC(=O)NC(=O)[C@H]1CN2CC[C@@H]1C2)C[C@@](C)(CCCCl)[C@@H](O)[C@@H]3C. The normalized spacial score (nSPS) is 48.8. The zero-order chi connectivity index (χ0) is 26.8. The van der Waals surface area contributed by atoms with Gasteiger partial charge in [-0.1, -0.05) is 27.7 Å². The minimum absolute atomic E-state index is 0.0414. The number of alkyl halides is 1. The van der Waals surface area contributed by atoms with Gasteiger partial charge in [0.2, 0.25) is 5.91 Å². The molecule has 37 heavy (non-hydrogen) atoms. The molecule has 11 atom stereocenters. The molecule has 5 rings (SSSR count). The van der Waals surface area contributed by atoms with Crippen LogP contribution in [-0.2, 0) is 14.3 Å². The highest BCUT2D eigenvalue weighted by Crippen LogP contribution is 2.68. The summed E-state index contributed by atoms with van der Waals surface area (Å²) in [6.45, 7) is 11.2. The number of Topliss-reactive ketones (excluding diaryl/α,β-unsaturated/α-hetero) is 1. The predicted octanol–water partition coefficient (Wildman–Crippen LogP) is 4.39. The molecular weight excluding hydrogens is 492 g/mol. The number of ketones is 1. The van der Waals surface area contributed by atoms with E-state index in [4.69, 9.17) is 16.3 Å². The fourth-order valence-corrected chi connectivity index (χ4v) is 9.64. The van der Waals surface area contributed by atoms with E-state index in [1.165, 1.54) is 0 Å². The van der Waals surface area contributed by atoms with Gasteiger partial charge in [-0.3, -0.25) is 14.9 Å². The molecule has 0 aromatic rings. The van der Waals surface area contributed by atoms with E-state index in [1.54, 1.807) is 0 Å². The number of carbonyl (C=O) groups is 3. The molecule has 8 heteroatoms. The van der Waals surface area contributed by atoms with E-state index >= 15 is 0 Å². The second-order valence-electron chi connectivity index (χ2n) is 13.6. The van der Waals surface area contributed by atoms with E-state index in [0.717, 1.165) is 45.2 Å². The van der Waals surface area contributed by atoms with Crippen molar-refractivity contribution in [2.24, 2.45) is 45.8 Å². The molecular formula is C29H45ClN2O5. The average Bonchev–Trinajstić information content (AvgIpc) is 3.59. The molecule has 5 aliphatic rings. The summed E-state index contributed by atoms with van der Waals surface area (Å²) in [7, 11) is 0. The first-order chi connectivity index (χ1) is 17.5. The topological polar surface area (TPSA) is 95.9 Å². The smallest absolute Gasteiger partial charge is 0.414 e. The molecule has 0 radical (unpaired) electrons. The number of aliphatic hydroxyl groups excluding tert-OH is 1. The molecule has 2 heterocycles. The summed E-state index contributed by atoms with van der Waals surface area (Å²) < 4.78 is 6.23. The lowest BCUT2D eigenvalue weighted by Crippen LogP contribution is -2.63. The molecule has 0 aromatic heterocycles. The first kappa shape index (κ1) is 27.4. The first-order valence-corrected chi connectivity index (χ1v) is 15.0. The van der Waals surface area contributed by atoms with Crippen LogP contribution in [0.25, 0.3) is 0 Å². The molecule has 2 N–H and O–H groups in total. The maximum Gasteiger partial charge on any atom is 0.414 e. The second-order valence-corrected chi connectivity index (χ2v) is 14.0. The molecule has 3 aliphatic carbocycles. The maximum atomic E-state index is 13.6. The van der Waals surface area contributed by atoms with E-state index < -0.39 is 29.1 Å². The summed E-state index contributed by atoms with van der Waals surface area (Å²) in [5.41, 5.74) is -1.39. The summed E-state index contributed by atoms with van der Waals surface area (Å²) in [4.78, 5) is 42.2. The molecule has 2 aliphatic heterocycles. The minimum Gasteiger partial charge on any atom is -0.445 e. The third kappa shape index (κ3) is 4.26. The van der Waals surface area contributed by atoms with Gasteiger partial charge in [0.15, 0.2) is 0 Å². The minimum atomic E-state index is -0.717. The van der Waals surface area contributed by atoms with E-state index in [0.29, 0.717) is 37.6 Å². The molecule has 2 amide bonds. The largest absolute Gasteiger partial charge is 0.445 e. The van der Waals surface area contributed by atoms with Crippen LogP contribution in [0.4, 0.5) is 4.79 Å². The molecule has 7 nitrogen and oxygen atoms in total. The Morgan fingerprint density at radius 1 is 1.19 bits per heavy atom. The van der Waals surface area contributed by atoms with Crippen LogP contribution in [0.3, 0.4) is 0 Å². The Hall–Kier alpha value is -1.18. The van der Waals surface area contributed by atoms with Crippen molar-refractivity contribution in [1.29, 1.82) is 0 Å². The standard InChI is InChI=1S/C29H45ClN2O5/c1-17-6-10-29-11-7-21(33)23(29)28(17,4)22(14-27(3,9-5-12-30)24(34)18(29)2)37-26(36)31-25(35)20-16-32-13-8-19(20)15-32/h17-20,22-24,34H,5-16H2,1-4H3,(H,31,35,36)/t17-,18+,19-,20+,22-,23?,24+,27-,28+,29?/m1/s1. The van der Waals surface area contributed by atoms with Gasteiger partial charge in [-0.15, -0.1) is 11.6 Å². The van der Waals surface area contributed by atoms with Gasteiger partial charge in [-0.05, 0) is 80.1 Å². The number of aliphatic hydroxyl groups is 1. The molecule has 5 fully saturated rings.